The molecule has 4 aliphatic carbocycles. The van der Waals surface area contributed by atoms with E-state index in [1.54, 1.807) is 26.0 Å². The second kappa shape index (κ2) is 33.6. The van der Waals surface area contributed by atoms with Gasteiger partial charge in [-0.15, -0.1) is 26.3 Å². The molecule has 0 spiro atoms. The van der Waals surface area contributed by atoms with E-state index in [1.165, 1.54) is 4.90 Å². The van der Waals surface area contributed by atoms with E-state index in [-0.39, 0.29) is 63.6 Å². The Morgan fingerprint density at radius 2 is 1.12 bits per heavy atom. The van der Waals surface area contributed by atoms with Crippen molar-refractivity contribution < 1.29 is 72.6 Å². The summed E-state index contributed by atoms with van der Waals surface area (Å²) in [6.45, 7) is 19.0. The molecule has 0 radical (unpaired) electrons. The van der Waals surface area contributed by atoms with Crippen molar-refractivity contribution in [2.75, 3.05) is 26.3 Å². The molecule has 10 atom stereocenters. The Morgan fingerprint density at radius 3 is 1.53 bits per heavy atom. The normalized spacial score (nSPS) is 26.5. The van der Waals surface area contributed by atoms with Gasteiger partial charge in [-0.3, -0.25) is 14.4 Å². The van der Waals surface area contributed by atoms with Crippen molar-refractivity contribution >= 4 is 47.8 Å². The van der Waals surface area contributed by atoms with Crippen molar-refractivity contribution in [3.63, 3.8) is 0 Å². The molecule has 0 bridgehead atoms. The van der Waals surface area contributed by atoms with Crippen LogP contribution in [0, 0.1) is 11.8 Å². The fraction of sp³-hybridized carbons (Fsp3) is 0.719. The van der Waals surface area contributed by atoms with Crippen LogP contribution in [0.3, 0.4) is 0 Å². The summed E-state index contributed by atoms with van der Waals surface area (Å²) in [4.78, 5) is 100. The fourth-order valence-electron chi connectivity index (χ4n) is 10.4. The molecule has 440 valence electrons. The Balaban J connectivity index is 0.000000337. The molecule has 2 aliphatic heterocycles. The molecule has 4 saturated carbocycles. The first-order chi connectivity index (χ1) is 36.9. The predicted molar refractivity (Wildman–Crippen MR) is 292 cm³/mol. The van der Waals surface area contributed by atoms with Gasteiger partial charge in [-0.25, -0.2) is 24.0 Å². The molecular weight excluding hydrogens is 1010 g/mol. The van der Waals surface area contributed by atoms with Crippen LogP contribution in [0.4, 0.5) is 9.59 Å². The lowest BCUT2D eigenvalue weighted by Gasteiger charge is -2.30. The van der Waals surface area contributed by atoms with Gasteiger partial charge in [0.25, 0.3) is 0 Å². The predicted octanol–water partition coefficient (Wildman–Crippen LogP) is 5.96. The van der Waals surface area contributed by atoms with Gasteiger partial charge in [0.15, 0.2) is 0 Å². The zero-order valence-electron chi connectivity index (χ0n) is 45.5. The number of carboxylic acids is 1. The number of likely N-dealkylation sites (tertiary alicyclic amines) is 1. The highest BCUT2D eigenvalue weighted by Gasteiger charge is 2.63. The number of aliphatic hydroxyl groups excluding tert-OH is 2. The van der Waals surface area contributed by atoms with Gasteiger partial charge in [0.1, 0.15) is 41.4 Å². The highest BCUT2D eigenvalue weighted by molar-refractivity contribution is 5.97. The van der Waals surface area contributed by atoms with Gasteiger partial charge in [-0.05, 0) is 123 Å². The molecule has 0 aromatic heterocycles. The third-order valence-corrected chi connectivity index (χ3v) is 15.0. The van der Waals surface area contributed by atoms with E-state index < -0.39 is 89.4 Å². The number of esters is 2. The first-order valence-electron chi connectivity index (χ1n) is 27.9. The number of carbonyl (C=O) groups is 8. The van der Waals surface area contributed by atoms with Gasteiger partial charge in [0.2, 0.25) is 17.7 Å². The number of carboxylic acid groups (broad SMARTS) is 1. The summed E-state index contributed by atoms with van der Waals surface area (Å²) < 4.78 is 20.9. The summed E-state index contributed by atoms with van der Waals surface area (Å²) in [6.07, 6.45) is 20.7. The maximum atomic E-state index is 13.7. The molecule has 21 nitrogen and oxygen atoms in total. The number of rotatable bonds is 28. The monoisotopic (exact) mass is 1100 g/mol. The molecular formula is C57H92N6O15. The van der Waals surface area contributed by atoms with Crippen LogP contribution in [0.1, 0.15) is 163 Å². The quantitative estimate of drug-likeness (QED) is 0.0194. The topological polar surface area (TPSA) is 298 Å². The van der Waals surface area contributed by atoms with Crippen LogP contribution < -0.4 is 26.6 Å². The smallest absolute Gasteiger partial charge is 0.408 e. The van der Waals surface area contributed by atoms with Gasteiger partial charge >= 0.3 is 30.1 Å². The van der Waals surface area contributed by atoms with Crippen LogP contribution in [-0.2, 0) is 47.7 Å². The first kappa shape index (κ1) is 66.5. The fourth-order valence-corrected chi connectivity index (χ4v) is 10.4. The number of unbranched alkanes of at least 4 members (excludes halogenated alkanes) is 6. The van der Waals surface area contributed by atoms with E-state index in [4.69, 9.17) is 24.1 Å². The molecule has 6 fully saturated rings. The number of amides is 5. The lowest BCUT2D eigenvalue weighted by molar-refractivity contribution is -0.150. The molecule has 0 aromatic carbocycles. The van der Waals surface area contributed by atoms with Crippen molar-refractivity contribution in [1.29, 1.82) is 0 Å². The minimum Gasteiger partial charge on any atom is -0.480 e. The average molecular weight is 1100 g/mol. The van der Waals surface area contributed by atoms with Gasteiger partial charge in [-0.1, -0.05) is 57.4 Å². The van der Waals surface area contributed by atoms with Crippen molar-refractivity contribution in [2.24, 2.45) is 11.8 Å². The van der Waals surface area contributed by atoms with E-state index in [0.29, 0.717) is 45.1 Å². The number of hydrogen-bond donors (Lipinski definition) is 8. The van der Waals surface area contributed by atoms with Gasteiger partial charge < -0.3 is 65.8 Å². The van der Waals surface area contributed by atoms with Crippen LogP contribution in [-0.4, -0.2) is 154 Å². The number of aliphatic carboxylic acids is 1. The summed E-state index contributed by atoms with van der Waals surface area (Å²) >= 11 is 0. The number of β-amino-alcohol motifs (C(OH)–C–C–N with tert-alkyl or cyclic N) is 2. The molecule has 21 heteroatoms. The molecule has 2 heterocycles. The average Bonchev–Trinajstić information content (AvgIpc) is 3.78. The molecule has 6 aliphatic rings. The number of nitrogens with one attached hydrogen (secondary N) is 5. The third kappa shape index (κ3) is 20.1. The lowest BCUT2D eigenvalue weighted by atomic mass is 10.0. The Bertz CT molecular complexity index is 2030. The molecule has 0 aromatic rings. The Morgan fingerprint density at radius 1 is 0.654 bits per heavy atom. The van der Waals surface area contributed by atoms with Crippen molar-refractivity contribution in [1.82, 2.24) is 31.5 Å². The van der Waals surface area contributed by atoms with E-state index in [2.05, 4.69) is 52.9 Å². The summed E-state index contributed by atoms with van der Waals surface area (Å²) in [5.41, 5.74) is -2.16. The van der Waals surface area contributed by atoms with E-state index in [9.17, 15) is 48.6 Å². The highest BCUT2D eigenvalue weighted by Crippen LogP contribution is 2.46. The molecule has 2 saturated heterocycles. The molecule has 8 N–H and O–H groups in total. The number of alkyl carbamates (subject to hydrolysis) is 2. The van der Waals surface area contributed by atoms with Crippen molar-refractivity contribution in [3.05, 3.63) is 50.6 Å². The SMILES string of the molecule is C.C=CCCCCC[C@H](NC(=O)OC1CCCC1)C(=O)N1C[C@@H](O)C[C@H]1C(=O)N[C@]1(C(=O)OCC)C[C@H]1C=C.C=CCCCCC[C@H](NC(=O)OC1CCCC1)C(=O)O.C=C[C@@H]1C[C@]1(NC(=O)[C@@H]1C[C@H](O)CN1)C(=O)OCC. The van der Waals surface area contributed by atoms with Crippen molar-refractivity contribution in [2.45, 2.75) is 222 Å². The number of ether oxygens (including phenoxy) is 4. The van der Waals surface area contributed by atoms with Gasteiger partial charge in [-0.2, -0.15) is 0 Å². The number of aliphatic hydroxyl groups is 2. The number of nitrogens with zero attached hydrogens (tertiary/aromatic N) is 1. The zero-order valence-corrected chi connectivity index (χ0v) is 45.5. The van der Waals surface area contributed by atoms with Crippen LogP contribution in [0.15, 0.2) is 50.6 Å². The maximum absolute atomic E-state index is 13.7. The van der Waals surface area contributed by atoms with Gasteiger partial charge in [0, 0.05) is 31.3 Å². The number of allylic oxidation sites excluding steroid dienone is 2. The molecule has 78 heavy (non-hydrogen) atoms. The van der Waals surface area contributed by atoms with E-state index in [0.717, 1.165) is 96.3 Å². The largest absolute Gasteiger partial charge is 0.480 e. The Hall–Kier alpha value is -5.80. The summed E-state index contributed by atoms with van der Waals surface area (Å²) in [7, 11) is 0. The van der Waals surface area contributed by atoms with Crippen LogP contribution in [0.25, 0.3) is 0 Å². The zero-order chi connectivity index (χ0) is 56.5. The number of carbonyl (C=O) groups excluding carboxylic acids is 7. The van der Waals surface area contributed by atoms with Crippen LogP contribution in [0.2, 0.25) is 0 Å². The summed E-state index contributed by atoms with van der Waals surface area (Å²) in [5, 5.41) is 42.5. The van der Waals surface area contributed by atoms with Gasteiger partial charge in [0.05, 0.1) is 31.5 Å². The van der Waals surface area contributed by atoms with Crippen LogP contribution >= 0.6 is 0 Å². The second-order valence-corrected chi connectivity index (χ2v) is 20.9. The van der Waals surface area contributed by atoms with Crippen molar-refractivity contribution in [3.8, 4) is 0 Å². The standard InChI is InChI=1S/C28H43N3O7.C15H25NO4.C13H20N2O4.CH4/c1-4-7-8-9-10-15-22(29-27(36)38-21-13-11-12-14-21)25(34)31-18-20(32)16-23(31)24(33)30-28(17-19(28)5-2)26(35)37-6-3;1-2-3-4-5-6-11-13(14(17)18)16-15(19)20-12-9-7-8-10-12;1-3-8-6-13(8,12(18)19-4-2)15-11(17)10-5-9(16)7-14-10;/h4-5,19-23,32H,1-2,6-18H2,3H3,(H,29,36)(H,30,33);2,12-13H,1,3-11H2,(H,16,19)(H,17,18);3,8-10,14,16H,1,4-7H2,2H3,(H,15,17);1H4/t19-,20+,22+,23+,28-;13-;8-,9+,10+,13-;/m101./s1. The Kier molecular flexibility index (Phi) is 28.6. The van der Waals surface area contributed by atoms with E-state index >= 15 is 0 Å². The third-order valence-electron chi connectivity index (χ3n) is 15.0. The lowest BCUT2D eigenvalue weighted by Crippen LogP contribution is -2.56. The Labute approximate surface area is 461 Å². The molecule has 6 rings (SSSR count). The first-order valence-corrected chi connectivity index (χ1v) is 27.9. The minimum absolute atomic E-state index is 0. The maximum Gasteiger partial charge on any atom is 0.408 e. The highest BCUT2D eigenvalue weighted by atomic mass is 16.6. The summed E-state index contributed by atoms with van der Waals surface area (Å²) in [6, 6.07) is -3.18. The van der Waals surface area contributed by atoms with E-state index in [1.807, 2.05) is 12.2 Å². The molecule has 5 amide bonds. The summed E-state index contributed by atoms with van der Waals surface area (Å²) in [5.74, 6) is -3.56. The second-order valence-electron chi connectivity index (χ2n) is 20.9. The molecule has 0 unspecified atom stereocenters. The number of hydrogen-bond acceptors (Lipinski definition) is 15. The minimum atomic E-state index is -1.20. The van der Waals surface area contributed by atoms with Crippen LogP contribution in [0.5, 0.6) is 0 Å².